The lowest BCUT2D eigenvalue weighted by Crippen LogP contribution is -2.61. The van der Waals surface area contributed by atoms with E-state index in [9.17, 15) is 9.59 Å². The van der Waals surface area contributed by atoms with Gasteiger partial charge in [-0.15, -0.1) is 0 Å². The Morgan fingerprint density at radius 3 is 2.70 bits per heavy atom. The first kappa shape index (κ1) is 19.1. The van der Waals surface area contributed by atoms with Crippen LogP contribution in [-0.2, 0) is 11.3 Å². The molecule has 0 radical (unpaired) electrons. The van der Waals surface area contributed by atoms with E-state index in [1.165, 1.54) is 4.90 Å². The van der Waals surface area contributed by atoms with Crippen molar-refractivity contribution in [2.75, 3.05) is 34.4 Å². The van der Waals surface area contributed by atoms with E-state index < -0.39 is 0 Å². The molecule has 1 aliphatic heterocycles. The first-order chi connectivity index (χ1) is 13.0. The standard InChI is InChI=1S/C20H27N3O4/c1-22(2)19(24)13-27-17-9-8-14(10-18(17)26-3)11-21-20(25)23-12-15-6-4-5-7-16(15)23/h4-5,8-10,15-16H,6-7,11-13H2,1-3H3,(H,21,25)/t15-,16-/m0/s1. The summed E-state index contributed by atoms with van der Waals surface area (Å²) in [5, 5.41) is 2.98. The molecule has 27 heavy (non-hydrogen) atoms. The summed E-state index contributed by atoms with van der Waals surface area (Å²) in [5.41, 5.74) is 0.909. The highest BCUT2D eigenvalue weighted by Crippen LogP contribution is 2.34. The second-order valence-corrected chi connectivity index (χ2v) is 7.14. The number of likely N-dealkylation sites (tertiary alicyclic amines) is 1. The third-order valence-electron chi connectivity index (χ3n) is 5.14. The molecule has 1 aliphatic carbocycles. The number of allylic oxidation sites excluding steroid dienone is 1. The molecule has 1 fully saturated rings. The monoisotopic (exact) mass is 373 g/mol. The van der Waals surface area contributed by atoms with Gasteiger partial charge in [-0.3, -0.25) is 4.79 Å². The zero-order chi connectivity index (χ0) is 19.4. The number of carbonyl (C=O) groups is 2. The number of nitrogens with one attached hydrogen (secondary N) is 1. The fraction of sp³-hybridized carbons (Fsp3) is 0.500. The fourth-order valence-electron chi connectivity index (χ4n) is 3.41. The summed E-state index contributed by atoms with van der Waals surface area (Å²) in [7, 11) is 4.91. The molecule has 0 saturated carbocycles. The van der Waals surface area contributed by atoms with Crippen LogP contribution >= 0.6 is 0 Å². The topological polar surface area (TPSA) is 71.1 Å². The van der Waals surface area contributed by atoms with E-state index in [1.54, 1.807) is 27.3 Å². The maximum Gasteiger partial charge on any atom is 0.317 e. The zero-order valence-electron chi connectivity index (χ0n) is 16.1. The number of rotatable bonds is 6. The molecule has 3 amide bonds. The Bertz CT molecular complexity index is 732. The van der Waals surface area contributed by atoms with Gasteiger partial charge in [0.15, 0.2) is 18.1 Å². The summed E-state index contributed by atoms with van der Waals surface area (Å²) in [5.74, 6) is 1.53. The molecule has 1 aromatic rings. The van der Waals surface area contributed by atoms with Crippen LogP contribution in [0.4, 0.5) is 4.79 Å². The van der Waals surface area contributed by atoms with Crippen LogP contribution in [0.15, 0.2) is 30.4 Å². The molecule has 0 aromatic heterocycles. The number of carbonyl (C=O) groups excluding carboxylic acids is 2. The van der Waals surface area contributed by atoms with Gasteiger partial charge in [-0.25, -0.2) is 4.79 Å². The molecule has 2 atom stereocenters. The summed E-state index contributed by atoms with van der Waals surface area (Å²) in [6.45, 7) is 1.19. The summed E-state index contributed by atoms with van der Waals surface area (Å²) < 4.78 is 10.9. The number of hydrogen-bond donors (Lipinski definition) is 1. The summed E-state index contributed by atoms with van der Waals surface area (Å²) in [6.07, 6.45) is 6.39. The van der Waals surface area contributed by atoms with E-state index in [0.717, 1.165) is 24.9 Å². The SMILES string of the molecule is COc1cc(CNC(=O)N2C[C@@H]3CC=CC[C@@H]32)ccc1OCC(=O)N(C)C. The van der Waals surface area contributed by atoms with Crippen molar-refractivity contribution in [2.24, 2.45) is 5.92 Å². The number of fused-ring (bicyclic) bond motifs is 1. The van der Waals surface area contributed by atoms with Crippen molar-refractivity contribution in [1.29, 1.82) is 0 Å². The largest absolute Gasteiger partial charge is 0.493 e. The van der Waals surface area contributed by atoms with Gasteiger partial charge in [0.25, 0.3) is 5.91 Å². The Morgan fingerprint density at radius 2 is 2.00 bits per heavy atom. The van der Waals surface area contributed by atoms with Crippen LogP contribution in [0.5, 0.6) is 11.5 Å². The summed E-state index contributed by atoms with van der Waals surface area (Å²) in [6, 6.07) is 5.75. The predicted octanol–water partition coefficient (Wildman–Crippen LogP) is 2.02. The second kappa shape index (κ2) is 8.33. The van der Waals surface area contributed by atoms with Crippen LogP contribution in [0.25, 0.3) is 0 Å². The number of hydrogen-bond acceptors (Lipinski definition) is 4. The number of likely N-dealkylation sites (N-methyl/N-ethyl adjacent to an activating group) is 1. The van der Waals surface area contributed by atoms with Gasteiger partial charge in [0.1, 0.15) is 0 Å². The molecule has 0 spiro atoms. The maximum atomic E-state index is 12.4. The molecule has 7 nitrogen and oxygen atoms in total. The van der Waals surface area contributed by atoms with Gasteiger partial charge in [-0.2, -0.15) is 0 Å². The minimum absolute atomic E-state index is 0.0255. The van der Waals surface area contributed by atoms with E-state index in [2.05, 4.69) is 17.5 Å². The van der Waals surface area contributed by atoms with Crippen LogP contribution < -0.4 is 14.8 Å². The molecule has 7 heteroatoms. The number of methoxy groups -OCH3 is 1. The van der Waals surface area contributed by atoms with Crippen molar-refractivity contribution in [2.45, 2.75) is 25.4 Å². The molecule has 0 bridgehead atoms. The zero-order valence-corrected chi connectivity index (χ0v) is 16.1. The summed E-state index contributed by atoms with van der Waals surface area (Å²) in [4.78, 5) is 27.5. The number of amides is 3. The highest BCUT2D eigenvalue weighted by molar-refractivity contribution is 5.77. The van der Waals surface area contributed by atoms with E-state index in [4.69, 9.17) is 9.47 Å². The Labute approximate surface area is 159 Å². The first-order valence-electron chi connectivity index (χ1n) is 9.19. The van der Waals surface area contributed by atoms with Gasteiger partial charge in [-0.1, -0.05) is 18.2 Å². The molecular weight excluding hydrogens is 346 g/mol. The van der Waals surface area contributed by atoms with Gasteiger partial charge < -0.3 is 24.6 Å². The van der Waals surface area contributed by atoms with E-state index in [1.807, 2.05) is 17.0 Å². The third-order valence-corrected chi connectivity index (χ3v) is 5.14. The Kier molecular flexibility index (Phi) is 5.88. The number of urea groups is 1. The fourth-order valence-corrected chi connectivity index (χ4v) is 3.41. The molecule has 2 aliphatic rings. The lowest BCUT2D eigenvalue weighted by molar-refractivity contribution is -0.130. The Balaban J connectivity index is 1.53. The molecule has 0 unspecified atom stereocenters. The lowest BCUT2D eigenvalue weighted by Gasteiger charge is -2.49. The molecule has 1 heterocycles. The molecule has 1 saturated heterocycles. The third kappa shape index (κ3) is 4.35. The molecule has 1 aromatic carbocycles. The molecule has 1 N–H and O–H groups in total. The smallest absolute Gasteiger partial charge is 0.317 e. The van der Waals surface area contributed by atoms with Gasteiger partial charge >= 0.3 is 6.03 Å². The van der Waals surface area contributed by atoms with Crippen molar-refractivity contribution >= 4 is 11.9 Å². The molecule has 3 rings (SSSR count). The van der Waals surface area contributed by atoms with Crippen molar-refractivity contribution < 1.29 is 19.1 Å². The Morgan fingerprint density at radius 1 is 1.22 bits per heavy atom. The van der Waals surface area contributed by atoms with Crippen molar-refractivity contribution in [1.82, 2.24) is 15.1 Å². The van der Waals surface area contributed by atoms with Crippen molar-refractivity contribution in [3.8, 4) is 11.5 Å². The minimum atomic E-state index is -0.126. The van der Waals surface area contributed by atoms with Gasteiger partial charge in [0.05, 0.1) is 7.11 Å². The normalized spacial score (nSPS) is 20.3. The molecular formula is C20H27N3O4. The highest BCUT2D eigenvalue weighted by Gasteiger charge is 2.41. The second-order valence-electron chi connectivity index (χ2n) is 7.14. The van der Waals surface area contributed by atoms with E-state index >= 15 is 0 Å². The predicted molar refractivity (Wildman–Crippen MR) is 102 cm³/mol. The van der Waals surface area contributed by atoms with E-state index in [0.29, 0.717) is 30.0 Å². The van der Waals surface area contributed by atoms with Crippen LogP contribution in [0, 0.1) is 5.92 Å². The van der Waals surface area contributed by atoms with Crippen molar-refractivity contribution in [3.05, 3.63) is 35.9 Å². The van der Waals surface area contributed by atoms with Crippen LogP contribution in [-0.4, -0.2) is 62.1 Å². The minimum Gasteiger partial charge on any atom is -0.493 e. The average molecular weight is 373 g/mol. The van der Waals surface area contributed by atoms with Crippen LogP contribution in [0.1, 0.15) is 18.4 Å². The van der Waals surface area contributed by atoms with Crippen LogP contribution in [0.3, 0.4) is 0 Å². The maximum absolute atomic E-state index is 12.4. The first-order valence-corrected chi connectivity index (χ1v) is 9.19. The van der Waals surface area contributed by atoms with E-state index in [-0.39, 0.29) is 18.5 Å². The highest BCUT2D eigenvalue weighted by atomic mass is 16.5. The van der Waals surface area contributed by atoms with Gasteiger partial charge in [0.2, 0.25) is 0 Å². The lowest BCUT2D eigenvalue weighted by atomic mass is 9.80. The number of ether oxygens (including phenoxy) is 2. The number of nitrogens with zero attached hydrogens (tertiary/aromatic N) is 2. The molecule has 146 valence electrons. The Hall–Kier alpha value is -2.70. The van der Waals surface area contributed by atoms with Gasteiger partial charge in [-0.05, 0) is 30.5 Å². The average Bonchev–Trinajstić information content (AvgIpc) is 2.65. The van der Waals surface area contributed by atoms with Crippen molar-refractivity contribution in [3.63, 3.8) is 0 Å². The summed E-state index contributed by atoms with van der Waals surface area (Å²) >= 11 is 0. The number of benzene rings is 1. The quantitative estimate of drug-likeness (QED) is 0.775. The van der Waals surface area contributed by atoms with Gasteiger partial charge in [0, 0.05) is 39.1 Å². The van der Waals surface area contributed by atoms with Crippen LogP contribution in [0.2, 0.25) is 0 Å².